The summed E-state index contributed by atoms with van der Waals surface area (Å²) in [4.78, 5) is 12.0. The monoisotopic (exact) mass is 1090 g/mol. The summed E-state index contributed by atoms with van der Waals surface area (Å²) in [5, 5.41) is 27.8. The van der Waals surface area contributed by atoms with E-state index >= 15 is 0 Å². The smallest absolute Gasteiger partial charge is 0.294 e. The number of azo groups is 1. The van der Waals surface area contributed by atoms with Crippen LogP contribution in [0.3, 0.4) is 0 Å². The quantitative estimate of drug-likeness (QED) is 0.0470. The molecule has 4 aromatic carbocycles. The molecule has 8 rings (SSSR count). The van der Waals surface area contributed by atoms with E-state index in [1.165, 1.54) is 61.6 Å². The van der Waals surface area contributed by atoms with Crippen LogP contribution in [-0.4, -0.2) is 76.6 Å². The van der Waals surface area contributed by atoms with E-state index in [0.29, 0.717) is 51.5 Å². The highest BCUT2D eigenvalue weighted by Gasteiger charge is 2.33. The largest absolute Gasteiger partial charge is 0.338 e. The minimum Gasteiger partial charge on any atom is -0.338 e. The molecule has 0 spiro atoms. The van der Waals surface area contributed by atoms with E-state index in [-0.39, 0.29) is 73.0 Å². The van der Waals surface area contributed by atoms with Crippen molar-refractivity contribution in [2.24, 2.45) is 10.2 Å². The standard InChI is InChI=1S/C44H40N10O12S6/c1-7-8-13-28-27(21-45)42(54(52-28)44-47-30-15-10-12-17-32(30)68-44)51-50-38-22(2)18-37(48-41(38)49-39-23(3)33(69(55,56)57)19-34(24(39)4)70(58,59)60)53(43-46-29-14-9-11-16-31(29)67-43)40-25(5)35(71(61,62)63)20-36(26(40)6)72(64,65)66/h9-12,14-20H,7-8,13H2,1-6H3,(H,48,49)(H,55,56,57)(H,58,59,60)(H,61,62,63)(H,64,65,66)/b51-50+. The molecule has 0 atom stereocenters. The third-order valence-electron chi connectivity index (χ3n) is 11.4. The topological polar surface area (TPSA) is 338 Å². The number of hydrogen-bond acceptors (Lipinski definition) is 19. The Morgan fingerprint density at radius 2 is 1.21 bits per heavy atom. The molecule has 374 valence electrons. The average Bonchev–Trinajstić information content (AvgIpc) is 4.01. The number of unbranched alkanes of at least 4 members (excludes halogenated alkanes) is 1. The molecule has 0 unspecified atom stereocenters. The molecule has 0 aliphatic heterocycles. The Labute approximate surface area is 420 Å². The van der Waals surface area contributed by atoms with Crippen LogP contribution in [0.1, 0.15) is 58.8 Å². The zero-order chi connectivity index (χ0) is 52.4. The number of anilines is 5. The van der Waals surface area contributed by atoms with Crippen LogP contribution in [0.25, 0.3) is 25.6 Å². The first kappa shape index (κ1) is 51.7. The normalized spacial score (nSPS) is 12.6. The van der Waals surface area contributed by atoms with Gasteiger partial charge in [-0.1, -0.05) is 60.3 Å². The van der Waals surface area contributed by atoms with Crippen molar-refractivity contribution in [2.75, 3.05) is 10.2 Å². The van der Waals surface area contributed by atoms with Crippen molar-refractivity contribution < 1.29 is 51.9 Å². The van der Waals surface area contributed by atoms with Gasteiger partial charge in [-0.3, -0.25) is 23.1 Å². The maximum absolute atomic E-state index is 12.9. The molecule has 28 heteroatoms. The average molecular weight is 1090 g/mol. The zero-order valence-corrected chi connectivity index (χ0v) is 43.4. The summed E-state index contributed by atoms with van der Waals surface area (Å²) >= 11 is 2.32. The fourth-order valence-corrected chi connectivity index (χ4v) is 13.1. The molecular weight excluding hydrogens is 1050 g/mol. The molecule has 4 heterocycles. The van der Waals surface area contributed by atoms with Gasteiger partial charge in [0.25, 0.3) is 40.5 Å². The van der Waals surface area contributed by atoms with Crippen LogP contribution in [0.5, 0.6) is 0 Å². The summed E-state index contributed by atoms with van der Waals surface area (Å²) in [5.74, 6) is -0.594. The lowest BCUT2D eigenvalue weighted by Gasteiger charge is -2.28. The van der Waals surface area contributed by atoms with Gasteiger partial charge in [0.15, 0.2) is 16.8 Å². The van der Waals surface area contributed by atoms with Gasteiger partial charge >= 0.3 is 0 Å². The van der Waals surface area contributed by atoms with Gasteiger partial charge in [-0.05, 0) is 118 Å². The number of rotatable bonds is 15. The molecule has 0 saturated carbocycles. The highest BCUT2D eigenvalue weighted by atomic mass is 32.2. The number of thiazole rings is 2. The van der Waals surface area contributed by atoms with Gasteiger partial charge in [0.05, 0.1) is 31.8 Å². The summed E-state index contributed by atoms with van der Waals surface area (Å²) in [6.07, 6.45) is 1.82. The molecule has 0 aliphatic carbocycles. The highest BCUT2D eigenvalue weighted by molar-refractivity contribution is 7.87. The number of nitrogens with zero attached hydrogens (tertiary/aromatic N) is 9. The van der Waals surface area contributed by atoms with Gasteiger partial charge in [0, 0.05) is 5.69 Å². The second kappa shape index (κ2) is 19.1. The Bertz CT molecular complexity index is 3930. The molecule has 22 nitrogen and oxygen atoms in total. The molecule has 72 heavy (non-hydrogen) atoms. The molecule has 0 bridgehead atoms. The van der Waals surface area contributed by atoms with Gasteiger partial charge in [0.1, 0.15) is 42.7 Å². The van der Waals surface area contributed by atoms with Crippen molar-refractivity contribution >= 4 is 123 Å². The van der Waals surface area contributed by atoms with Crippen LogP contribution in [0.2, 0.25) is 0 Å². The predicted octanol–water partition coefficient (Wildman–Crippen LogP) is 9.86. The van der Waals surface area contributed by atoms with E-state index in [1.807, 2.05) is 25.1 Å². The first-order valence-corrected chi connectivity index (χ1v) is 28.5. The van der Waals surface area contributed by atoms with Crippen LogP contribution in [0.15, 0.2) is 96.5 Å². The third kappa shape index (κ3) is 9.82. The Morgan fingerprint density at radius 3 is 1.71 bits per heavy atom. The van der Waals surface area contributed by atoms with Gasteiger partial charge in [-0.2, -0.15) is 48.7 Å². The first-order chi connectivity index (χ1) is 33.7. The summed E-state index contributed by atoms with van der Waals surface area (Å²) in [6, 6.07) is 18.9. The minimum atomic E-state index is -5.21. The van der Waals surface area contributed by atoms with Crippen LogP contribution in [0, 0.1) is 45.9 Å². The molecule has 5 N–H and O–H groups in total. The van der Waals surface area contributed by atoms with Gasteiger partial charge < -0.3 is 5.32 Å². The van der Waals surface area contributed by atoms with Crippen molar-refractivity contribution in [2.45, 2.75) is 80.4 Å². The molecule has 0 aliphatic rings. The third-order valence-corrected chi connectivity index (χ3v) is 17.4. The summed E-state index contributed by atoms with van der Waals surface area (Å²) < 4.78 is 147. The molecule has 0 saturated heterocycles. The number of benzene rings is 4. The lowest BCUT2D eigenvalue weighted by molar-refractivity contribution is 0.475. The van der Waals surface area contributed by atoms with E-state index in [1.54, 1.807) is 30.3 Å². The molecule has 0 amide bonds. The minimum absolute atomic E-state index is 0.0378. The number of pyridine rings is 1. The first-order valence-electron chi connectivity index (χ1n) is 21.1. The Morgan fingerprint density at radius 1 is 0.694 bits per heavy atom. The van der Waals surface area contributed by atoms with Crippen molar-refractivity contribution in [1.29, 1.82) is 5.26 Å². The zero-order valence-electron chi connectivity index (χ0n) is 38.5. The second-order valence-electron chi connectivity index (χ2n) is 16.2. The Balaban J connectivity index is 1.47. The van der Waals surface area contributed by atoms with Crippen molar-refractivity contribution in [3.63, 3.8) is 0 Å². The van der Waals surface area contributed by atoms with E-state index in [4.69, 9.17) is 20.1 Å². The number of hydrogen-bond donors (Lipinski definition) is 5. The summed E-state index contributed by atoms with van der Waals surface area (Å²) in [6.45, 7) is 8.51. The van der Waals surface area contributed by atoms with E-state index in [2.05, 4.69) is 21.6 Å². The van der Waals surface area contributed by atoms with Crippen molar-refractivity contribution in [3.8, 4) is 11.2 Å². The van der Waals surface area contributed by atoms with E-state index < -0.39 is 60.1 Å². The van der Waals surface area contributed by atoms with Crippen LogP contribution in [0.4, 0.5) is 39.6 Å². The fourth-order valence-electron chi connectivity index (χ4n) is 8.03. The molecule has 8 aromatic rings. The molecular formula is C44H40N10O12S6. The van der Waals surface area contributed by atoms with Gasteiger partial charge in [-0.15, -0.1) is 10.2 Å². The van der Waals surface area contributed by atoms with Crippen molar-refractivity contribution in [3.05, 3.63) is 106 Å². The van der Waals surface area contributed by atoms with Gasteiger partial charge in [-0.25, -0.2) is 15.0 Å². The maximum Gasteiger partial charge on any atom is 0.294 e. The number of para-hydroxylation sites is 2. The van der Waals surface area contributed by atoms with Gasteiger partial charge in [0.2, 0.25) is 5.13 Å². The molecule has 4 aromatic heterocycles. The Hall–Kier alpha value is -6.65. The number of fused-ring (bicyclic) bond motifs is 2. The SMILES string of the molecule is CCCCc1nn(-c2nc3ccccc3s2)c(/N=N/c2c(C)cc(N(c3nc4ccccc4s3)c3c(C)c(S(=O)(=O)O)cc(S(=O)(=O)O)c3C)nc2Nc2c(C)c(S(=O)(=O)O)cc(S(=O)(=O)O)c2C)c1C#N. The van der Waals surface area contributed by atoms with Crippen LogP contribution in [-0.2, 0) is 46.9 Å². The summed E-state index contributed by atoms with van der Waals surface area (Å²) in [5.41, 5.74) is 0.0217. The van der Waals surface area contributed by atoms with Crippen LogP contribution < -0.4 is 10.2 Å². The Kier molecular flexibility index (Phi) is 13.7. The lowest BCUT2D eigenvalue weighted by Crippen LogP contribution is -2.19. The van der Waals surface area contributed by atoms with Crippen molar-refractivity contribution in [1.82, 2.24) is 24.7 Å². The lowest BCUT2D eigenvalue weighted by atomic mass is 10.1. The van der Waals surface area contributed by atoms with E-state index in [0.717, 1.165) is 22.5 Å². The van der Waals surface area contributed by atoms with E-state index in [9.17, 15) is 57.1 Å². The number of nitrogens with one attached hydrogen (secondary N) is 1. The number of aryl methyl sites for hydroxylation is 2. The molecule has 0 fully saturated rings. The van der Waals surface area contributed by atoms with Crippen LogP contribution >= 0.6 is 22.7 Å². The predicted molar refractivity (Wildman–Crippen MR) is 269 cm³/mol. The summed E-state index contributed by atoms with van der Waals surface area (Å²) in [7, 11) is -20.8. The second-order valence-corrected chi connectivity index (χ2v) is 23.8. The number of aromatic nitrogens is 5. The highest BCUT2D eigenvalue weighted by Crippen LogP contribution is 2.47. The number of nitriles is 1. The fraction of sp³-hybridized carbons (Fsp3) is 0.205. The maximum atomic E-state index is 12.9. The molecule has 0 radical (unpaired) electrons.